The zero-order chi connectivity index (χ0) is 11.3. The van der Waals surface area contributed by atoms with Crippen LogP contribution in [-0.4, -0.2) is 18.0 Å². The summed E-state index contributed by atoms with van der Waals surface area (Å²) in [4.78, 5) is 0.331. The molecule has 3 rings (SSSR count). The molecule has 0 amide bonds. The summed E-state index contributed by atoms with van der Waals surface area (Å²) >= 11 is 7.41. The molecule has 3 heteroatoms. The molecule has 0 heterocycles. The van der Waals surface area contributed by atoms with E-state index in [1.54, 1.807) is 0 Å². The molecule has 1 aromatic rings. The first-order valence-electron chi connectivity index (χ1n) is 5.37. The van der Waals surface area contributed by atoms with Gasteiger partial charge in [-0.25, -0.2) is 0 Å². The molecule has 0 radical (unpaired) electrons. The van der Waals surface area contributed by atoms with E-state index in [2.05, 4.69) is 62.2 Å². The van der Waals surface area contributed by atoms with E-state index in [0.717, 1.165) is 0 Å². The van der Waals surface area contributed by atoms with Crippen molar-refractivity contribution in [3.05, 3.63) is 46.0 Å². The largest absolute Gasteiger partial charge is 0.380 e. The van der Waals surface area contributed by atoms with Gasteiger partial charge in [0.1, 0.15) is 0 Å². The average Bonchev–Trinajstić information content (AvgIpc) is 2.56. The topological polar surface area (TPSA) is 9.23 Å². The lowest BCUT2D eigenvalue weighted by atomic mass is 9.89. The van der Waals surface area contributed by atoms with Gasteiger partial charge in [0, 0.05) is 23.4 Å². The third-order valence-corrected chi connectivity index (χ3v) is 6.05. The molecule has 0 saturated heterocycles. The Morgan fingerprint density at radius 1 is 1.19 bits per heavy atom. The molecule has 16 heavy (non-hydrogen) atoms. The van der Waals surface area contributed by atoms with Crippen molar-refractivity contribution in [1.29, 1.82) is 0 Å². The maximum Gasteiger partial charge on any atom is 0.0757 e. The summed E-state index contributed by atoms with van der Waals surface area (Å²) in [7, 11) is 1.81. The number of methoxy groups -OCH3 is 1. The first-order chi connectivity index (χ1) is 7.74. The molecule has 2 aliphatic rings. The second-order valence-corrected chi connectivity index (χ2v) is 6.24. The molecule has 0 spiro atoms. The van der Waals surface area contributed by atoms with Crippen molar-refractivity contribution in [2.75, 3.05) is 7.11 Å². The zero-order valence-corrected chi connectivity index (χ0v) is 12.0. The van der Waals surface area contributed by atoms with Crippen molar-refractivity contribution in [2.45, 2.75) is 22.8 Å². The maximum atomic E-state index is 5.68. The van der Waals surface area contributed by atoms with Crippen LogP contribution in [0.25, 0.3) is 0 Å². The van der Waals surface area contributed by atoms with Crippen LogP contribution in [0.3, 0.4) is 0 Å². The Hall–Kier alpha value is -0.120. The minimum absolute atomic E-state index is 0.267. The Kier molecular flexibility index (Phi) is 2.73. The quantitative estimate of drug-likeness (QED) is 0.702. The van der Waals surface area contributed by atoms with Gasteiger partial charge in [-0.15, -0.1) is 0 Å². The molecule has 0 saturated carbocycles. The first-order valence-corrected chi connectivity index (χ1v) is 7.08. The van der Waals surface area contributed by atoms with Gasteiger partial charge in [-0.1, -0.05) is 62.2 Å². The SMILES string of the molecule is CO[C@@H]1[C@H]2c3ccccc3[C@@H]1C=C(Br)[C@@H]2Br. The predicted molar refractivity (Wildman–Crippen MR) is 72.4 cm³/mol. The highest BCUT2D eigenvalue weighted by molar-refractivity contribution is 9.14. The monoisotopic (exact) mass is 342 g/mol. The third-order valence-electron chi connectivity index (χ3n) is 3.61. The van der Waals surface area contributed by atoms with Gasteiger partial charge in [0.05, 0.1) is 10.9 Å². The van der Waals surface area contributed by atoms with Gasteiger partial charge in [0.2, 0.25) is 0 Å². The number of fused-ring (bicyclic) bond motifs is 5. The van der Waals surface area contributed by atoms with Gasteiger partial charge in [-0.05, 0) is 11.1 Å². The number of hydrogen-bond acceptors (Lipinski definition) is 1. The number of halogens is 2. The molecule has 84 valence electrons. The maximum absolute atomic E-state index is 5.68. The van der Waals surface area contributed by atoms with Crippen molar-refractivity contribution in [3.8, 4) is 0 Å². The van der Waals surface area contributed by atoms with Crippen LogP contribution < -0.4 is 0 Å². The van der Waals surface area contributed by atoms with Gasteiger partial charge in [-0.2, -0.15) is 0 Å². The Morgan fingerprint density at radius 3 is 2.56 bits per heavy atom. The molecule has 0 fully saturated rings. The lowest BCUT2D eigenvalue weighted by molar-refractivity contribution is 0.0767. The van der Waals surface area contributed by atoms with Crippen LogP contribution in [-0.2, 0) is 4.74 Å². The normalized spacial score (nSPS) is 35.8. The predicted octanol–water partition coefficient (Wildman–Crippen LogP) is 3.94. The van der Waals surface area contributed by atoms with Crippen molar-refractivity contribution in [2.24, 2.45) is 0 Å². The van der Waals surface area contributed by atoms with Gasteiger partial charge in [0.15, 0.2) is 0 Å². The van der Waals surface area contributed by atoms with E-state index >= 15 is 0 Å². The van der Waals surface area contributed by atoms with E-state index in [1.165, 1.54) is 15.6 Å². The number of allylic oxidation sites excluding steroid dienone is 1. The summed E-state index contributed by atoms with van der Waals surface area (Å²) in [6, 6.07) is 8.66. The number of ether oxygens (including phenoxy) is 1. The Bertz CT molecular complexity index is 455. The molecule has 1 aromatic carbocycles. The molecule has 1 nitrogen and oxygen atoms in total. The summed E-state index contributed by atoms with van der Waals surface area (Å²) in [6.45, 7) is 0. The van der Waals surface area contributed by atoms with E-state index in [-0.39, 0.29) is 6.10 Å². The number of hydrogen-bond donors (Lipinski definition) is 0. The zero-order valence-electron chi connectivity index (χ0n) is 8.86. The molecule has 0 aromatic heterocycles. The van der Waals surface area contributed by atoms with Crippen molar-refractivity contribution < 1.29 is 4.74 Å². The number of rotatable bonds is 1. The molecular formula is C13H12Br2O. The summed E-state index contributed by atoms with van der Waals surface area (Å²) in [6.07, 6.45) is 2.54. The van der Waals surface area contributed by atoms with E-state index < -0.39 is 0 Å². The molecule has 2 bridgehead atoms. The minimum atomic E-state index is 0.267. The van der Waals surface area contributed by atoms with Crippen LogP contribution in [0.15, 0.2) is 34.8 Å². The van der Waals surface area contributed by atoms with Crippen LogP contribution >= 0.6 is 31.9 Å². The van der Waals surface area contributed by atoms with Gasteiger partial charge in [0.25, 0.3) is 0 Å². The molecule has 0 N–H and O–H groups in total. The standard InChI is InChI=1S/C13H12Br2O/c1-16-13-9-6-10(14)12(15)11(13)8-5-3-2-4-7(8)9/h2-6,9,11-13H,1H3/t9-,11-,12-,13-/m0/s1. The second-order valence-electron chi connectivity index (χ2n) is 4.33. The minimum Gasteiger partial charge on any atom is -0.380 e. The van der Waals surface area contributed by atoms with E-state index in [0.29, 0.717) is 16.7 Å². The Labute approximate surface area is 112 Å². The van der Waals surface area contributed by atoms with Crippen LogP contribution in [0, 0.1) is 0 Å². The van der Waals surface area contributed by atoms with Crippen LogP contribution in [0.4, 0.5) is 0 Å². The molecular weight excluding hydrogens is 332 g/mol. The highest BCUT2D eigenvalue weighted by atomic mass is 79.9. The van der Waals surface area contributed by atoms with Crippen molar-refractivity contribution >= 4 is 31.9 Å². The van der Waals surface area contributed by atoms with E-state index in [4.69, 9.17) is 4.74 Å². The molecule has 0 unspecified atom stereocenters. The summed E-state index contributed by atoms with van der Waals surface area (Å²) in [5.74, 6) is 0.819. The number of alkyl halides is 1. The van der Waals surface area contributed by atoms with Gasteiger partial charge in [-0.3, -0.25) is 0 Å². The summed E-state index contributed by atoms with van der Waals surface area (Å²) in [5, 5.41) is 0. The lowest BCUT2D eigenvalue weighted by Gasteiger charge is -2.31. The Balaban J connectivity index is 2.19. The third kappa shape index (κ3) is 1.38. The van der Waals surface area contributed by atoms with Crippen molar-refractivity contribution in [1.82, 2.24) is 0 Å². The fraction of sp³-hybridized carbons (Fsp3) is 0.385. The first kappa shape index (κ1) is 11.0. The fourth-order valence-corrected chi connectivity index (χ4v) is 4.24. The summed E-state index contributed by atoms with van der Waals surface area (Å²) in [5.41, 5.74) is 2.84. The lowest BCUT2D eigenvalue weighted by Crippen LogP contribution is -2.30. The molecule has 4 atom stereocenters. The average molecular weight is 344 g/mol. The second kappa shape index (κ2) is 3.97. The van der Waals surface area contributed by atoms with Crippen LogP contribution in [0.5, 0.6) is 0 Å². The highest BCUT2D eigenvalue weighted by Gasteiger charge is 2.47. The van der Waals surface area contributed by atoms with Gasteiger partial charge >= 0.3 is 0 Å². The van der Waals surface area contributed by atoms with E-state index in [1.807, 2.05) is 7.11 Å². The molecule has 2 aliphatic carbocycles. The Morgan fingerprint density at radius 2 is 1.88 bits per heavy atom. The van der Waals surface area contributed by atoms with Crippen molar-refractivity contribution in [3.63, 3.8) is 0 Å². The smallest absolute Gasteiger partial charge is 0.0757 e. The molecule has 0 aliphatic heterocycles. The van der Waals surface area contributed by atoms with Gasteiger partial charge < -0.3 is 4.74 Å². The van der Waals surface area contributed by atoms with Crippen LogP contribution in [0.1, 0.15) is 23.0 Å². The van der Waals surface area contributed by atoms with E-state index in [9.17, 15) is 0 Å². The van der Waals surface area contributed by atoms with Crippen LogP contribution in [0.2, 0.25) is 0 Å². The highest BCUT2D eigenvalue weighted by Crippen LogP contribution is 2.54. The fourth-order valence-electron chi connectivity index (χ4n) is 2.93. The number of benzene rings is 1. The summed E-state index contributed by atoms with van der Waals surface area (Å²) < 4.78 is 6.93.